The van der Waals surface area contributed by atoms with Crippen molar-refractivity contribution in [3.05, 3.63) is 38.5 Å². The van der Waals surface area contributed by atoms with Crippen molar-refractivity contribution in [2.45, 2.75) is 46.0 Å². The fraction of sp³-hybridized carbons (Fsp3) is 0.556. The number of thiophene rings is 1. The van der Waals surface area contributed by atoms with Crippen molar-refractivity contribution < 1.29 is 0 Å². The van der Waals surface area contributed by atoms with Gasteiger partial charge in [0, 0.05) is 43.3 Å². The van der Waals surface area contributed by atoms with Crippen LogP contribution >= 0.6 is 22.7 Å². The molecule has 0 spiro atoms. The summed E-state index contributed by atoms with van der Waals surface area (Å²) < 4.78 is 0. The van der Waals surface area contributed by atoms with Crippen LogP contribution < -0.4 is 10.6 Å². The van der Waals surface area contributed by atoms with Crippen molar-refractivity contribution >= 4 is 28.6 Å². The normalized spacial score (nSPS) is 13.3. The molecule has 2 rings (SSSR count). The van der Waals surface area contributed by atoms with Crippen molar-refractivity contribution in [3.8, 4) is 0 Å². The number of hydrogen-bond donors (Lipinski definition) is 2. The molecule has 0 aliphatic rings. The molecule has 0 aliphatic heterocycles. The second-order valence-electron chi connectivity index (χ2n) is 6.19. The summed E-state index contributed by atoms with van der Waals surface area (Å²) in [6, 6.07) is 2.18. The van der Waals surface area contributed by atoms with E-state index in [2.05, 4.69) is 65.5 Å². The SMILES string of the molecule is CCNC(=NCC(C)c1ccsc1)NCCc1csc(C(C)C)n1. The number of nitrogens with one attached hydrogen (secondary N) is 2. The molecule has 24 heavy (non-hydrogen) atoms. The zero-order valence-corrected chi connectivity index (χ0v) is 16.6. The van der Waals surface area contributed by atoms with Gasteiger partial charge < -0.3 is 10.6 Å². The topological polar surface area (TPSA) is 49.3 Å². The van der Waals surface area contributed by atoms with Crippen LogP contribution in [0.5, 0.6) is 0 Å². The molecule has 0 amide bonds. The van der Waals surface area contributed by atoms with E-state index in [1.807, 2.05) is 0 Å². The van der Waals surface area contributed by atoms with Crippen LogP contribution in [0.3, 0.4) is 0 Å². The van der Waals surface area contributed by atoms with Gasteiger partial charge in [0.15, 0.2) is 5.96 Å². The quantitative estimate of drug-likeness (QED) is 0.544. The molecule has 6 heteroatoms. The van der Waals surface area contributed by atoms with Crippen LogP contribution in [0, 0.1) is 0 Å². The van der Waals surface area contributed by atoms with E-state index in [1.54, 1.807) is 22.7 Å². The van der Waals surface area contributed by atoms with Crippen molar-refractivity contribution in [3.63, 3.8) is 0 Å². The molecule has 2 aromatic heterocycles. The predicted octanol–water partition coefficient (Wildman–Crippen LogP) is 4.23. The molecule has 0 fully saturated rings. The van der Waals surface area contributed by atoms with Gasteiger partial charge in [-0.1, -0.05) is 20.8 Å². The lowest BCUT2D eigenvalue weighted by Gasteiger charge is -2.12. The molecule has 0 radical (unpaired) electrons. The Kier molecular flexibility index (Phi) is 7.72. The van der Waals surface area contributed by atoms with Crippen LogP contribution in [0.2, 0.25) is 0 Å². The van der Waals surface area contributed by atoms with E-state index in [9.17, 15) is 0 Å². The maximum absolute atomic E-state index is 4.72. The Bertz CT molecular complexity index is 617. The van der Waals surface area contributed by atoms with Gasteiger partial charge in [-0.3, -0.25) is 4.99 Å². The van der Waals surface area contributed by atoms with E-state index in [0.717, 1.165) is 32.0 Å². The van der Waals surface area contributed by atoms with Crippen LogP contribution in [0.4, 0.5) is 0 Å². The fourth-order valence-electron chi connectivity index (χ4n) is 2.24. The zero-order valence-electron chi connectivity index (χ0n) is 15.0. The molecular formula is C18H28N4S2. The van der Waals surface area contributed by atoms with Crippen molar-refractivity contribution in [1.29, 1.82) is 0 Å². The monoisotopic (exact) mass is 364 g/mol. The largest absolute Gasteiger partial charge is 0.357 e. The van der Waals surface area contributed by atoms with Crippen LogP contribution in [0.1, 0.15) is 55.8 Å². The van der Waals surface area contributed by atoms with E-state index in [4.69, 9.17) is 4.99 Å². The molecule has 2 heterocycles. The van der Waals surface area contributed by atoms with Gasteiger partial charge >= 0.3 is 0 Å². The summed E-state index contributed by atoms with van der Waals surface area (Å²) in [5.74, 6) is 1.84. The molecule has 1 atom stereocenters. The second-order valence-corrected chi connectivity index (χ2v) is 7.86. The third kappa shape index (κ3) is 5.91. The van der Waals surface area contributed by atoms with Crippen molar-refractivity contribution in [2.75, 3.05) is 19.6 Å². The lowest BCUT2D eigenvalue weighted by atomic mass is 10.1. The van der Waals surface area contributed by atoms with Gasteiger partial charge in [-0.2, -0.15) is 11.3 Å². The van der Waals surface area contributed by atoms with Gasteiger partial charge in [0.1, 0.15) is 0 Å². The number of nitrogens with zero attached hydrogens (tertiary/aromatic N) is 2. The fourth-order valence-corrected chi connectivity index (χ4v) is 3.89. The first-order chi connectivity index (χ1) is 11.6. The predicted molar refractivity (Wildman–Crippen MR) is 107 cm³/mol. The minimum Gasteiger partial charge on any atom is -0.357 e. The Balaban J connectivity index is 1.82. The van der Waals surface area contributed by atoms with E-state index in [0.29, 0.717) is 11.8 Å². The summed E-state index contributed by atoms with van der Waals surface area (Å²) >= 11 is 3.50. The molecule has 0 aliphatic carbocycles. The molecule has 0 saturated carbocycles. The van der Waals surface area contributed by atoms with Gasteiger partial charge in [0.2, 0.25) is 0 Å². The third-order valence-corrected chi connectivity index (χ3v) is 5.61. The first-order valence-electron chi connectivity index (χ1n) is 8.58. The van der Waals surface area contributed by atoms with Gasteiger partial charge in [-0.05, 0) is 29.3 Å². The second kappa shape index (κ2) is 9.79. The standard InChI is InChI=1S/C18H28N4S2/c1-5-19-18(21-10-14(4)15-7-9-23-11-15)20-8-6-16-12-24-17(22-16)13(2)3/h7,9,11-14H,5-6,8,10H2,1-4H3,(H2,19,20,21). The molecule has 132 valence electrons. The van der Waals surface area contributed by atoms with Crippen molar-refractivity contribution in [1.82, 2.24) is 15.6 Å². The Hall–Kier alpha value is -1.40. The number of rotatable bonds is 8. The summed E-state index contributed by atoms with van der Waals surface area (Å²) in [7, 11) is 0. The third-order valence-electron chi connectivity index (χ3n) is 3.72. The summed E-state index contributed by atoms with van der Waals surface area (Å²) in [5, 5.41) is 14.4. The Morgan fingerprint density at radius 3 is 2.71 bits per heavy atom. The van der Waals surface area contributed by atoms with Crippen LogP contribution in [0.25, 0.3) is 0 Å². The average molecular weight is 365 g/mol. The van der Waals surface area contributed by atoms with E-state index in [1.165, 1.54) is 16.3 Å². The maximum atomic E-state index is 4.72. The summed E-state index contributed by atoms with van der Waals surface area (Å²) in [6.45, 7) is 11.2. The zero-order chi connectivity index (χ0) is 17.4. The average Bonchev–Trinajstić information content (AvgIpc) is 3.23. The molecule has 4 nitrogen and oxygen atoms in total. The highest BCUT2D eigenvalue weighted by Gasteiger charge is 2.07. The Morgan fingerprint density at radius 2 is 2.08 bits per heavy atom. The lowest BCUT2D eigenvalue weighted by molar-refractivity contribution is 0.744. The highest BCUT2D eigenvalue weighted by atomic mass is 32.1. The van der Waals surface area contributed by atoms with E-state index in [-0.39, 0.29) is 0 Å². The van der Waals surface area contributed by atoms with Gasteiger partial charge in [0.05, 0.1) is 10.7 Å². The van der Waals surface area contributed by atoms with E-state index >= 15 is 0 Å². The number of aromatic nitrogens is 1. The van der Waals surface area contributed by atoms with Gasteiger partial charge in [-0.15, -0.1) is 11.3 Å². The smallest absolute Gasteiger partial charge is 0.191 e. The minimum absolute atomic E-state index is 0.443. The van der Waals surface area contributed by atoms with Crippen LogP contribution in [-0.4, -0.2) is 30.6 Å². The molecule has 2 aromatic rings. The van der Waals surface area contributed by atoms with Crippen LogP contribution in [0.15, 0.2) is 27.2 Å². The Labute approximate surface area is 153 Å². The summed E-state index contributed by atoms with van der Waals surface area (Å²) in [6.07, 6.45) is 0.924. The minimum atomic E-state index is 0.443. The lowest BCUT2D eigenvalue weighted by Crippen LogP contribution is -2.38. The molecule has 2 N–H and O–H groups in total. The van der Waals surface area contributed by atoms with Gasteiger partial charge in [-0.25, -0.2) is 4.98 Å². The summed E-state index contributed by atoms with van der Waals surface area (Å²) in [4.78, 5) is 9.40. The number of thiazole rings is 1. The van der Waals surface area contributed by atoms with Crippen molar-refractivity contribution in [2.24, 2.45) is 4.99 Å². The van der Waals surface area contributed by atoms with Gasteiger partial charge in [0.25, 0.3) is 0 Å². The molecule has 1 unspecified atom stereocenters. The first kappa shape index (κ1) is 18.9. The first-order valence-corrected chi connectivity index (χ1v) is 10.4. The van der Waals surface area contributed by atoms with Crippen LogP contribution in [-0.2, 0) is 6.42 Å². The molecule has 0 aromatic carbocycles. The molecular weight excluding hydrogens is 336 g/mol. The maximum Gasteiger partial charge on any atom is 0.191 e. The number of aliphatic imine (C=N–C) groups is 1. The highest BCUT2D eigenvalue weighted by Crippen LogP contribution is 2.19. The summed E-state index contributed by atoms with van der Waals surface area (Å²) in [5.41, 5.74) is 2.53. The molecule has 0 saturated heterocycles. The highest BCUT2D eigenvalue weighted by molar-refractivity contribution is 7.09. The molecule has 0 bridgehead atoms. The van der Waals surface area contributed by atoms with E-state index < -0.39 is 0 Å². The number of guanidine groups is 1. The Morgan fingerprint density at radius 1 is 1.25 bits per heavy atom. The number of hydrogen-bond acceptors (Lipinski definition) is 4.